The predicted molar refractivity (Wildman–Crippen MR) is 79.4 cm³/mol. The van der Waals surface area contributed by atoms with Crippen LogP contribution in [0.2, 0.25) is 0 Å². The van der Waals surface area contributed by atoms with Gasteiger partial charge in [-0.2, -0.15) is 5.26 Å². The number of nitro groups is 1. The third-order valence-electron chi connectivity index (χ3n) is 3.27. The molecule has 0 aromatic heterocycles. The van der Waals surface area contributed by atoms with Crippen molar-refractivity contribution in [3.63, 3.8) is 0 Å². The monoisotopic (exact) mass is 281 g/mol. The largest absolute Gasteiger partial charge is 0.283 e. The number of nitrogens with zero attached hydrogens (tertiary/aromatic N) is 3. The zero-order valence-corrected chi connectivity index (χ0v) is 11.6. The molecule has 0 fully saturated rings. The molecule has 0 aliphatic heterocycles. The van der Waals surface area contributed by atoms with Crippen LogP contribution in [0.15, 0.2) is 54.6 Å². The van der Waals surface area contributed by atoms with E-state index in [2.05, 4.69) is 6.07 Å². The molecule has 0 radical (unpaired) electrons. The van der Waals surface area contributed by atoms with E-state index in [-0.39, 0.29) is 5.69 Å². The number of hydrogen-bond acceptors (Lipinski definition) is 4. The van der Waals surface area contributed by atoms with Gasteiger partial charge in [0.05, 0.1) is 16.6 Å². The summed E-state index contributed by atoms with van der Waals surface area (Å²) in [6.45, 7) is 0.547. The average molecular weight is 281 g/mol. The Balaban J connectivity index is 2.28. The van der Waals surface area contributed by atoms with Crippen molar-refractivity contribution in [2.45, 2.75) is 12.6 Å². The minimum absolute atomic E-state index is 0.0241. The van der Waals surface area contributed by atoms with Crippen molar-refractivity contribution in [3.8, 4) is 6.07 Å². The Morgan fingerprint density at radius 2 is 1.81 bits per heavy atom. The first-order valence-electron chi connectivity index (χ1n) is 6.50. The molecule has 1 unspecified atom stereocenters. The van der Waals surface area contributed by atoms with Gasteiger partial charge in [0.25, 0.3) is 5.69 Å². The number of rotatable bonds is 5. The molecule has 0 N–H and O–H groups in total. The Labute approximate surface area is 123 Å². The van der Waals surface area contributed by atoms with E-state index in [9.17, 15) is 15.4 Å². The summed E-state index contributed by atoms with van der Waals surface area (Å²) in [5.74, 6) is 0. The first-order chi connectivity index (χ1) is 10.1. The normalized spacial score (nSPS) is 11.9. The van der Waals surface area contributed by atoms with Crippen LogP contribution in [0.3, 0.4) is 0 Å². The standard InChI is InChI=1S/C16H15N3O2/c1-18(12-13-7-3-2-4-8-13)16(11-17)14-9-5-6-10-15(14)19(20)21/h2-10,16H,12H2,1H3. The van der Waals surface area contributed by atoms with Gasteiger partial charge in [0.2, 0.25) is 0 Å². The Morgan fingerprint density at radius 1 is 1.19 bits per heavy atom. The summed E-state index contributed by atoms with van der Waals surface area (Å²) in [6, 6.07) is 17.6. The maximum atomic E-state index is 11.1. The molecule has 0 spiro atoms. The van der Waals surface area contributed by atoms with Gasteiger partial charge < -0.3 is 0 Å². The maximum Gasteiger partial charge on any atom is 0.275 e. The van der Waals surface area contributed by atoms with Gasteiger partial charge in [0.1, 0.15) is 6.04 Å². The number of hydrogen-bond donors (Lipinski definition) is 0. The van der Waals surface area contributed by atoms with Crippen molar-refractivity contribution >= 4 is 5.69 Å². The molecular formula is C16H15N3O2. The van der Waals surface area contributed by atoms with E-state index >= 15 is 0 Å². The van der Waals surface area contributed by atoms with Crippen LogP contribution >= 0.6 is 0 Å². The quantitative estimate of drug-likeness (QED) is 0.623. The van der Waals surface area contributed by atoms with E-state index in [0.717, 1.165) is 5.56 Å². The molecule has 5 nitrogen and oxygen atoms in total. The van der Waals surface area contributed by atoms with Crippen molar-refractivity contribution in [3.05, 3.63) is 75.8 Å². The Bertz CT molecular complexity index is 665. The second kappa shape index (κ2) is 6.64. The molecule has 21 heavy (non-hydrogen) atoms. The SMILES string of the molecule is CN(Cc1ccccc1)C(C#N)c1ccccc1[N+](=O)[O-]. The molecule has 0 bridgehead atoms. The van der Waals surface area contributed by atoms with Gasteiger partial charge in [-0.1, -0.05) is 42.5 Å². The molecule has 0 saturated carbocycles. The second-order valence-electron chi connectivity index (χ2n) is 4.75. The minimum Gasteiger partial charge on any atom is -0.283 e. The van der Waals surface area contributed by atoms with Crippen LogP contribution in [0.4, 0.5) is 5.69 Å². The van der Waals surface area contributed by atoms with Crippen molar-refractivity contribution < 1.29 is 4.92 Å². The molecule has 2 aromatic rings. The summed E-state index contributed by atoms with van der Waals surface area (Å²) in [4.78, 5) is 12.5. The molecule has 2 rings (SSSR count). The van der Waals surface area contributed by atoms with Gasteiger partial charge in [-0.15, -0.1) is 0 Å². The van der Waals surface area contributed by atoms with Crippen molar-refractivity contribution in [1.82, 2.24) is 4.90 Å². The zero-order valence-electron chi connectivity index (χ0n) is 11.6. The summed E-state index contributed by atoms with van der Waals surface area (Å²) >= 11 is 0. The lowest BCUT2D eigenvalue weighted by atomic mass is 10.0. The first kappa shape index (κ1) is 14.7. The van der Waals surface area contributed by atoms with Crippen LogP contribution in [0, 0.1) is 21.4 Å². The number of benzene rings is 2. The minimum atomic E-state index is -0.660. The average Bonchev–Trinajstić information content (AvgIpc) is 2.49. The van der Waals surface area contributed by atoms with E-state index in [1.54, 1.807) is 30.1 Å². The fraction of sp³-hybridized carbons (Fsp3) is 0.188. The van der Waals surface area contributed by atoms with Gasteiger partial charge in [-0.05, 0) is 18.7 Å². The maximum absolute atomic E-state index is 11.1. The summed E-state index contributed by atoms with van der Waals surface area (Å²) in [5, 5.41) is 20.5. The molecular weight excluding hydrogens is 266 g/mol. The number of nitriles is 1. The molecule has 5 heteroatoms. The molecule has 0 amide bonds. The van der Waals surface area contributed by atoms with E-state index < -0.39 is 11.0 Å². The molecule has 0 heterocycles. The number of para-hydroxylation sites is 1. The smallest absolute Gasteiger partial charge is 0.275 e. The van der Waals surface area contributed by atoms with E-state index in [1.807, 2.05) is 30.3 Å². The third-order valence-corrected chi connectivity index (χ3v) is 3.27. The predicted octanol–water partition coefficient (Wildman–Crippen LogP) is 3.29. The Hall–Kier alpha value is -2.71. The highest BCUT2D eigenvalue weighted by Gasteiger charge is 2.24. The molecule has 1 atom stereocenters. The molecule has 2 aromatic carbocycles. The van der Waals surface area contributed by atoms with Crippen LogP contribution in [0.1, 0.15) is 17.2 Å². The molecule has 0 saturated heterocycles. The fourth-order valence-corrected chi connectivity index (χ4v) is 2.25. The highest BCUT2D eigenvalue weighted by Crippen LogP contribution is 2.28. The van der Waals surface area contributed by atoms with Crippen molar-refractivity contribution in [1.29, 1.82) is 5.26 Å². The lowest BCUT2D eigenvalue weighted by Crippen LogP contribution is -2.23. The van der Waals surface area contributed by atoms with E-state index in [1.165, 1.54) is 6.07 Å². The highest BCUT2D eigenvalue weighted by molar-refractivity contribution is 5.44. The topological polar surface area (TPSA) is 70.2 Å². The molecule has 106 valence electrons. The molecule has 0 aliphatic carbocycles. The third kappa shape index (κ3) is 3.44. The van der Waals surface area contributed by atoms with Gasteiger partial charge in [0, 0.05) is 12.6 Å². The highest BCUT2D eigenvalue weighted by atomic mass is 16.6. The zero-order chi connectivity index (χ0) is 15.2. The van der Waals surface area contributed by atoms with Crippen LogP contribution in [-0.4, -0.2) is 16.9 Å². The summed E-state index contributed by atoms with van der Waals surface area (Å²) in [6.07, 6.45) is 0. The second-order valence-corrected chi connectivity index (χ2v) is 4.75. The van der Waals surface area contributed by atoms with E-state index in [4.69, 9.17) is 0 Å². The Kier molecular flexibility index (Phi) is 4.64. The van der Waals surface area contributed by atoms with Crippen LogP contribution < -0.4 is 0 Å². The van der Waals surface area contributed by atoms with Crippen LogP contribution in [-0.2, 0) is 6.54 Å². The van der Waals surface area contributed by atoms with Gasteiger partial charge >= 0.3 is 0 Å². The lowest BCUT2D eigenvalue weighted by molar-refractivity contribution is -0.385. The van der Waals surface area contributed by atoms with Gasteiger partial charge in [-0.3, -0.25) is 15.0 Å². The Morgan fingerprint density at radius 3 is 2.43 bits per heavy atom. The van der Waals surface area contributed by atoms with Crippen LogP contribution in [0.25, 0.3) is 0 Å². The summed E-state index contributed by atoms with van der Waals surface area (Å²) in [7, 11) is 1.79. The number of nitro benzene ring substituents is 1. The first-order valence-corrected chi connectivity index (χ1v) is 6.50. The lowest BCUT2D eigenvalue weighted by Gasteiger charge is -2.22. The summed E-state index contributed by atoms with van der Waals surface area (Å²) in [5.41, 5.74) is 1.45. The van der Waals surface area contributed by atoms with Gasteiger partial charge in [0.15, 0.2) is 0 Å². The van der Waals surface area contributed by atoms with Crippen molar-refractivity contribution in [2.75, 3.05) is 7.05 Å². The van der Waals surface area contributed by atoms with Crippen LogP contribution in [0.5, 0.6) is 0 Å². The fourth-order valence-electron chi connectivity index (χ4n) is 2.25. The van der Waals surface area contributed by atoms with Crippen molar-refractivity contribution in [2.24, 2.45) is 0 Å². The van der Waals surface area contributed by atoms with Gasteiger partial charge in [-0.25, -0.2) is 0 Å². The van der Waals surface area contributed by atoms with E-state index in [0.29, 0.717) is 12.1 Å². The summed E-state index contributed by atoms with van der Waals surface area (Å²) < 4.78 is 0. The molecule has 0 aliphatic rings.